The highest BCUT2D eigenvalue weighted by atomic mass is 16.6. The van der Waals surface area contributed by atoms with Gasteiger partial charge in [-0.3, -0.25) is 10.1 Å². The normalized spacial score (nSPS) is 11.9. The van der Waals surface area contributed by atoms with Crippen molar-refractivity contribution in [3.8, 4) is 5.75 Å². The standard InChI is InChI=1S/C11H17N3O6/c12-8-3-11(20-6-7(17)5-16)9(13-1-2-15)4-10(8)14(18)19/h3-4,7,13,15-17H,1-2,5-6,12H2. The molecule has 0 aliphatic rings. The lowest BCUT2D eigenvalue weighted by Gasteiger charge is -2.15. The number of rotatable bonds is 8. The number of benzene rings is 1. The summed E-state index contributed by atoms with van der Waals surface area (Å²) in [4.78, 5) is 10.2. The third-order valence-electron chi connectivity index (χ3n) is 2.39. The van der Waals surface area contributed by atoms with E-state index < -0.39 is 17.6 Å². The van der Waals surface area contributed by atoms with E-state index in [1.165, 1.54) is 12.1 Å². The fourth-order valence-electron chi connectivity index (χ4n) is 1.43. The van der Waals surface area contributed by atoms with Gasteiger partial charge in [0.25, 0.3) is 5.69 Å². The highest BCUT2D eigenvalue weighted by molar-refractivity contribution is 5.72. The number of ether oxygens (including phenoxy) is 1. The molecule has 0 heterocycles. The first kappa shape index (κ1) is 16.0. The second-order valence-corrected chi connectivity index (χ2v) is 3.96. The SMILES string of the molecule is Nc1cc(OCC(O)CO)c(NCCO)cc1[N+](=O)[O-]. The summed E-state index contributed by atoms with van der Waals surface area (Å²) in [6, 6.07) is 2.44. The van der Waals surface area contributed by atoms with Gasteiger partial charge >= 0.3 is 0 Å². The van der Waals surface area contributed by atoms with Crippen LogP contribution >= 0.6 is 0 Å². The Morgan fingerprint density at radius 2 is 2.15 bits per heavy atom. The molecule has 1 aromatic carbocycles. The van der Waals surface area contributed by atoms with Crippen LogP contribution in [0, 0.1) is 10.1 Å². The molecule has 0 saturated heterocycles. The van der Waals surface area contributed by atoms with Gasteiger partial charge in [-0.25, -0.2) is 0 Å². The molecule has 20 heavy (non-hydrogen) atoms. The van der Waals surface area contributed by atoms with Crippen LogP contribution in [-0.2, 0) is 0 Å². The number of hydrogen-bond donors (Lipinski definition) is 5. The molecule has 9 nitrogen and oxygen atoms in total. The molecule has 1 unspecified atom stereocenters. The van der Waals surface area contributed by atoms with Gasteiger partial charge in [-0.15, -0.1) is 0 Å². The van der Waals surface area contributed by atoms with Gasteiger partial charge in [-0.1, -0.05) is 0 Å². The van der Waals surface area contributed by atoms with E-state index in [0.717, 1.165) is 0 Å². The zero-order chi connectivity index (χ0) is 15.1. The number of aliphatic hydroxyl groups excluding tert-OH is 3. The van der Waals surface area contributed by atoms with Gasteiger partial charge in [-0.2, -0.15) is 0 Å². The van der Waals surface area contributed by atoms with E-state index in [4.69, 9.17) is 20.7 Å². The van der Waals surface area contributed by atoms with Crippen LogP contribution in [0.5, 0.6) is 5.75 Å². The molecule has 0 fully saturated rings. The topological polar surface area (TPSA) is 151 Å². The molecule has 0 aliphatic heterocycles. The Morgan fingerprint density at radius 3 is 2.70 bits per heavy atom. The van der Waals surface area contributed by atoms with Crippen molar-refractivity contribution in [2.75, 3.05) is 37.4 Å². The molecule has 9 heteroatoms. The average Bonchev–Trinajstić information content (AvgIpc) is 2.42. The van der Waals surface area contributed by atoms with Gasteiger partial charge in [0.05, 0.1) is 23.8 Å². The van der Waals surface area contributed by atoms with E-state index in [2.05, 4.69) is 5.32 Å². The van der Waals surface area contributed by atoms with Crippen LogP contribution in [0.15, 0.2) is 12.1 Å². The monoisotopic (exact) mass is 287 g/mol. The Hall–Kier alpha value is -2.10. The first-order chi connectivity index (χ1) is 9.49. The minimum absolute atomic E-state index is 0.0852. The molecular formula is C11H17N3O6. The van der Waals surface area contributed by atoms with Crippen LogP contribution in [0.4, 0.5) is 17.1 Å². The summed E-state index contributed by atoms with van der Waals surface area (Å²) in [5.74, 6) is 0.189. The van der Waals surface area contributed by atoms with E-state index in [-0.39, 0.29) is 42.6 Å². The lowest BCUT2D eigenvalue weighted by Crippen LogP contribution is -2.22. The van der Waals surface area contributed by atoms with Gasteiger partial charge in [-0.05, 0) is 0 Å². The number of aliphatic hydroxyl groups is 3. The zero-order valence-corrected chi connectivity index (χ0v) is 10.7. The Labute approximate surface area is 114 Å². The van der Waals surface area contributed by atoms with Crippen LogP contribution in [0.2, 0.25) is 0 Å². The smallest absolute Gasteiger partial charge is 0.294 e. The molecule has 0 spiro atoms. The fraction of sp³-hybridized carbons (Fsp3) is 0.455. The maximum absolute atomic E-state index is 10.8. The van der Waals surface area contributed by atoms with Crippen molar-refractivity contribution >= 4 is 17.1 Å². The van der Waals surface area contributed by atoms with Crippen LogP contribution in [0.1, 0.15) is 0 Å². The molecular weight excluding hydrogens is 270 g/mol. The minimum Gasteiger partial charge on any atom is -0.489 e. The van der Waals surface area contributed by atoms with Crippen molar-refractivity contribution in [1.29, 1.82) is 0 Å². The van der Waals surface area contributed by atoms with Crippen molar-refractivity contribution in [2.45, 2.75) is 6.10 Å². The van der Waals surface area contributed by atoms with E-state index >= 15 is 0 Å². The third-order valence-corrected chi connectivity index (χ3v) is 2.39. The second-order valence-electron chi connectivity index (χ2n) is 3.96. The van der Waals surface area contributed by atoms with Crippen LogP contribution in [0.3, 0.4) is 0 Å². The van der Waals surface area contributed by atoms with Crippen LogP contribution in [-0.4, -0.2) is 52.7 Å². The van der Waals surface area contributed by atoms with Gasteiger partial charge in [0.1, 0.15) is 24.1 Å². The maximum atomic E-state index is 10.8. The Kier molecular flexibility index (Phi) is 5.97. The van der Waals surface area contributed by atoms with E-state index in [9.17, 15) is 15.2 Å². The van der Waals surface area contributed by atoms with Crippen LogP contribution in [0.25, 0.3) is 0 Å². The molecule has 0 radical (unpaired) electrons. The highest BCUT2D eigenvalue weighted by Crippen LogP contribution is 2.34. The Bertz CT molecular complexity index is 468. The van der Waals surface area contributed by atoms with Gasteiger partial charge in [0, 0.05) is 18.7 Å². The molecule has 6 N–H and O–H groups in total. The molecule has 112 valence electrons. The molecule has 0 aliphatic carbocycles. The lowest BCUT2D eigenvalue weighted by atomic mass is 10.2. The maximum Gasteiger partial charge on any atom is 0.294 e. The Balaban J connectivity index is 3.00. The molecule has 1 rings (SSSR count). The van der Waals surface area contributed by atoms with Crippen molar-refractivity contribution in [1.82, 2.24) is 0 Å². The predicted octanol–water partition coefficient (Wildman–Crippen LogP) is -0.687. The van der Waals surface area contributed by atoms with Crippen molar-refractivity contribution in [2.24, 2.45) is 0 Å². The van der Waals surface area contributed by atoms with Crippen LogP contribution < -0.4 is 15.8 Å². The summed E-state index contributed by atoms with van der Waals surface area (Å²) in [6.45, 7) is -0.666. The molecule has 0 saturated carbocycles. The quantitative estimate of drug-likeness (QED) is 0.239. The minimum atomic E-state index is -1.07. The number of nitrogen functional groups attached to an aromatic ring is 1. The second kappa shape index (κ2) is 7.48. The number of nitro benzene ring substituents is 1. The summed E-state index contributed by atoms with van der Waals surface area (Å²) >= 11 is 0. The number of nitrogens with two attached hydrogens (primary N) is 1. The van der Waals surface area contributed by atoms with Crippen molar-refractivity contribution in [3.63, 3.8) is 0 Å². The van der Waals surface area contributed by atoms with Crippen molar-refractivity contribution in [3.05, 3.63) is 22.2 Å². The number of nitro groups is 1. The summed E-state index contributed by atoms with van der Waals surface area (Å²) < 4.78 is 5.25. The molecule has 1 atom stereocenters. The van der Waals surface area contributed by atoms with E-state index in [0.29, 0.717) is 0 Å². The third kappa shape index (κ3) is 4.23. The van der Waals surface area contributed by atoms with Gasteiger partial charge in [0.2, 0.25) is 0 Å². The molecule has 1 aromatic rings. The van der Waals surface area contributed by atoms with Crippen molar-refractivity contribution < 1.29 is 25.0 Å². The largest absolute Gasteiger partial charge is 0.489 e. The zero-order valence-electron chi connectivity index (χ0n) is 10.7. The first-order valence-corrected chi connectivity index (χ1v) is 5.84. The van der Waals surface area contributed by atoms with Gasteiger partial charge < -0.3 is 31.1 Å². The van der Waals surface area contributed by atoms with E-state index in [1.54, 1.807) is 0 Å². The fourth-order valence-corrected chi connectivity index (χ4v) is 1.43. The summed E-state index contributed by atoms with van der Waals surface area (Å²) in [5.41, 5.74) is 5.44. The number of anilines is 2. The lowest BCUT2D eigenvalue weighted by molar-refractivity contribution is -0.383. The first-order valence-electron chi connectivity index (χ1n) is 5.84. The van der Waals surface area contributed by atoms with Gasteiger partial charge in [0.15, 0.2) is 0 Å². The highest BCUT2D eigenvalue weighted by Gasteiger charge is 2.17. The average molecular weight is 287 g/mol. The molecule has 0 aromatic heterocycles. The summed E-state index contributed by atoms with van der Waals surface area (Å²) in [7, 11) is 0. The van der Waals surface area contributed by atoms with E-state index in [1.807, 2.05) is 0 Å². The summed E-state index contributed by atoms with van der Waals surface area (Å²) in [6.07, 6.45) is -1.07. The molecule has 0 bridgehead atoms. The Morgan fingerprint density at radius 1 is 1.45 bits per heavy atom. The number of nitrogens with zero attached hydrogens (tertiary/aromatic N) is 1. The predicted molar refractivity (Wildman–Crippen MR) is 71.7 cm³/mol. The number of nitrogens with one attached hydrogen (secondary N) is 1. The summed E-state index contributed by atoms with van der Waals surface area (Å²) in [5, 5.41) is 40.3. The molecule has 0 amide bonds. The number of hydrogen-bond acceptors (Lipinski definition) is 8.